The summed E-state index contributed by atoms with van der Waals surface area (Å²) in [6.07, 6.45) is 0.466. The molecule has 1 heterocycles. The molecule has 1 N–H and O–H groups in total. The molecule has 0 atom stereocenters. The smallest absolute Gasteiger partial charge is 0.296 e. The van der Waals surface area contributed by atoms with Gasteiger partial charge in [-0.05, 0) is 23.8 Å². The van der Waals surface area contributed by atoms with Crippen LogP contribution in [0.1, 0.15) is 11.1 Å². The van der Waals surface area contributed by atoms with Crippen LogP contribution in [-0.2, 0) is 16.5 Å². The van der Waals surface area contributed by atoms with E-state index < -0.39 is 10.1 Å². The number of hydrogen-bond donors (Lipinski definition) is 1. The zero-order chi connectivity index (χ0) is 13.6. The lowest BCUT2D eigenvalue weighted by atomic mass is 10.0. The average Bonchev–Trinajstić information content (AvgIpc) is 2.36. The Labute approximate surface area is 115 Å². The van der Waals surface area contributed by atoms with Gasteiger partial charge in [0.05, 0.1) is 5.02 Å². The van der Waals surface area contributed by atoms with E-state index in [1.807, 2.05) is 24.3 Å². The molecule has 6 heteroatoms. The maximum atomic E-state index is 11.2. The first kappa shape index (κ1) is 12.5. The van der Waals surface area contributed by atoms with Crippen molar-refractivity contribution in [3.05, 3.63) is 52.5 Å². The van der Waals surface area contributed by atoms with Crippen molar-refractivity contribution < 1.29 is 17.7 Å². The minimum atomic E-state index is -4.33. The molecule has 0 aromatic heterocycles. The molecule has 0 saturated carbocycles. The second kappa shape index (κ2) is 4.23. The number of fused-ring (bicyclic) bond motifs is 2. The topological polar surface area (TPSA) is 63.6 Å². The first-order valence-electron chi connectivity index (χ1n) is 5.51. The lowest BCUT2D eigenvalue weighted by molar-refractivity contribution is 0.458. The molecule has 0 amide bonds. The standard InChI is InChI=1S/C13H9ClO4S/c14-13-9-7-8-3-1-2-4-10(8)18-11(9)5-6-12(13)19(15,16)17/h1-6H,7H2,(H,15,16,17). The van der Waals surface area contributed by atoms with Gasteiger partial charge in [0, 0.05) is 12.0 Å². The van der Waals surface area contributed by atoms with Crippen LogP contribution in [0.3, 0.4) is 0 Å². The predicted molar refractivity (Wildman–Crippen MR) is 70.6 cm³/mol. The Morgan fingerprint density at radius 1 is 1.11 bits per heavy atom. The number of halogens is 1. The molecule has 3 rings (SSSR count). The normalized spacial score (nSPS) is 13.4. The number of rotatable bonds is 1. The Hall–Kier alpha value is -1.56. The van der Waals surface area contributed by atoms with E-state index in [0.717, 1.165) is 11.3 Å². The van der Waals surface area contributed by atoms with Crippen molar-refractivity contribution in [3.63, 3.8) is 0 Å². The molecule has 19 heavy (non-hydrogen) atoms. The van der Waals surface area contributed by atoms with Crippen molar-refractivity contribution in [1.82, 2.24) is 0 Å². The maximum absolute atomic E-state index is 11.2. The third kappa shape index (κ3) is 2.10. The highest BCUT2D eigenvalue weighted by Gasteiger charge is 2.24. The summed E-state index contributed by atoms with van der Waals surface area (Å²) in [6.45, 7) is 0. The Balaban J connectivity index is 2.17. The van der Waals surface area contributed by atoms with Crippen molar-refractivity contribution in [1.29, 1.82) is 0 Å². The van der Waals surface area contributed by atoms with Gasteiger partial charge < -0.3 is 4.74 Å². The van der Waals surface area contributed by atoms with Crippen LogP contribution in [0.15, 0.2) is 41.3 Å². The van der Waals surface area contributed by atoms with Gasteiger partial charge in [0.2, 0.25) is 0 Å². The first-order chi connectivity index (χ1) is 8.97. The van der Waals surface area contributed by atoms with E-state index in [0.29, 0.717) is 17.7 Å². The summed E-state index contributed by atoms with van der Waals surface area (Å²) in [5.74, 6) is 1.24. The van der Waals surface area contributed by atoms with Crippen LogP contribution in [0.2, 0.25) is 5.02 Å². The highest BCUT2D eigenvalue weighted by atomic mass is 35.5. The molecule has 2 aromatic rings. The Morgan fingerprint density at radius 3 is 2.58 bits per heavy atom. The summed E-state index contributed by atoms with van der Waals surface area (Å²) in [5.41, 5.74) is 1.49. The van der Waals surface area contributed by atoms with E-state index in [2.05, 4.69) is 0 Å². The number of ether oxygens (including phenoxy) is 1. The van der Waals surface area contributed by atoms with Crippen molar-refractivity contribution in [3.8, 4) is 11.5 Å². The van der Waals surface area contributed by atoms with Crippen LogP contribution in [0.25, 0.3) is 0 Å². The zero-order valence-electron chi connectivity index (χ0n) is 9.63. The van der Waals surface area contributed by atoms with Crippen LogP contribution in [0.5, 0.6) is 11.5 Å². The van der Waals surface area contributed by atoms with E-state index in [9.17, 15) is 8.42 Å². The lowest BCUT2D eigenvalue weighted by Crippen LogP contribution is -2.07. The van der Waals surface area contributed by atoms with Gasteiger partial charge in [-0.25, -0.2) is 0 Å². The molecule has 0 saturated heterocycles. The molecule has 0 unspecified atom stereocenters. The van der Waals surface area contributed by atoms with Crippen LogP contribution < -0.4 is 4.74 Å². The molecule has 0 radical (unpaired) electrons. The van der Waals surface area contributed by atoms with Gasteiger partial charge in [0.25, 0.3) is 10.1 Å². The van der Waals surface area contributed by atoms with Gasteiger partial charge in [0.1, 0.15) is 16.4 Å². The molecule has 0 fully saturated rings. The summed E-state index contributed by atoms with van der Waals surface area (Å²) in [5, 5.41) is 0.00880. The fraction of sp³-hybridized carbons (Fsp3) is 0.0769. The monoisotopic (exact) mass is 296 g/mol. The highest BCUT2D eigenvalue weighted by Crippen LogP contribution is 2.41. The van der Waals surface area contributed by atoms with Crippen molar-refractivity contribution in [2.24, 2.45) is 0 Å². The Morgan fingerprint density at radius 2 is 1.84 bits per heavy atom. The van der Waals surface area contributed by atoms with E-state index in [1.54, 1.807) is 0 Å². The van der Waals surface area contributed by atoms with Crippen molar-refractivity contribution >= 4 is 21.7 Å². The van der Waals surface area contributed by atoms with E-state index in [-0.39, 0.29) is 9.92 Å². The quantitative estimate of drug-likeness (QED) is 0.700. The van der Waals surface area contributed by atoms with Crippen LogP contribution in [0, 0.1) is 0 Å². The van der Waals surface area contributed by atoms with Crippen LogP contribution in [-0.4, -0.2) is 13.0 Å². The highest BCUT2D eigenvalue weighted by molar-refractivity contribution is 7.86. The minimum Gasteiger partial charge on any atom is -0.457 e. The summed E-state index contributed by atoms with van der Waals surface area (Å²) in [7, 11) is -4.33. The molecule has 2 aromatic carbocycles. The molecule has 1 aliphatic rings. The molecule has 0 bridgehead atoms. The Bertz CT molecular complexity index is 768. The molecule has 0 aliphatic carbocycles. The fourth-order valence-electron chi connectivity index (χ4n) is 2.10. The fourth-order valence-corrected chi connectivity index (χ4v) is 3.21. The Kier molecular flexibility index (Phi) is 2.78. The summed E-state index contributed by atoms with van der Waals surface area (Å²) < 4.78 is 37.2. The van der Waals surface area contributed by atoms with Crippen LogP contribution in [0.4, 0.5) is 0 Å². The lowest BCUT2D eigenvalue weighted by Gasteiger charge is -2.21. The van der Waals surface area contributed by atoms with Gasteiger partial charge in [0.15, 0.2) is 0 Å². The summed E-state index contributed by atoms with van der Waals surface area (Å²) in [4.78, 5) is -0.295. The van der Waals surface area contributed by atoms with Gasteiger partial charge in [-0.2, -0.15) is 8.42 Å². The van der Waals surface area contributed by atoms with Gasteiger partial charge in [-0.3, -0.25) is 4.55 Å². The van der Waals surface area contributed by atoms with Gasteiger partial charge >= 0.3 is 0 Å². The van der Waals surface area contributed by atoms with Crippen molar-refractivity contribution in [2.45, 2.75) is 11.3 Å². The third-order valence-corrected chi connectivity index (χ3v) is 4.44. The maximum Gasteiger partial charge on any atom is 0.296 e. The summed E-state index contributed by atoms with van der Waals surface area (Å²) in [6, 6.07) is 10.2. The predicted octanol–water partition coefficient (Wildman–Crippen LogP) is 3.28. The zero-order valence-corrected chi connectivity index (χ0v) is 11.2. The minimum absolute atomic E-state index is 0.00880. The number of benzene rings is 2. The average molecular weight is 297 g/mol. The van der Waals surface area contributed by atoms with Crippen molar-refractivity contribution in [2.75, 3.05) is 0 Å². The first-order valence-corrected chi connectivity index (χ1v) is 7.33. The molecular weight excluding hydrogens is 288 g/mol. The second-order valence-electron chi connectivity index (χ2n) is 4.22. The summed E-state index contributed by atoms with van der Waals surface area (Å²) >= 11 is 6.06. The molecule has 1 aliphatic heterocycles. The molecular formula is C13H9ClO4S. The third-order valence-electron chi connectivity index (χ3n) is 3.00. The van der Waals surface area contributed by atoms with E-state index in [1.165, 1.54) is 12.1 Å². The molecule has 0 spiro atoms. The van der Waals surface area contributed by atoms with Crippen LogP contribution >= 0.6 is 11.6 Å². The van der Waals surface area contributed by atoms with E-state index >= 15 is 0 Å². The van der Waals surface area contributed by atoms with Gasteiger partial charge in [-0.15, -0.1) is 0 Å². The second-order valence-corrected chi connectivity index (χ2v) is 5.98. The SMILES string of the molecule is O=S(=O)(O)c1ccc2c(c1Cl)Cc1ccccc1O2. The molecule has 98 valence electrons. The largest absolute Gasteiger partial charge is 0.457 e. The number of hydrogen-bond acceptors (Lipinski definition) is 3. The molecule has 4 nitrogen and oxygen atoms in total. The van der Waals surface area contributed by atoms with Gasteiger partial charge in [-0.1, -0.05) is 29.8 Å². The van der Waals surface area contributed by atoms with E-state index in [4.69, 9.17) is 20.9 Å². The number of para-hydroxylation sites is 1.